The van der Waals surface area contributed by atoms with E-state index < -0.39 is 38.2 Å². The molecule has 1 amide bonds. The van der Waals surface area contributed by atoms with Crippen LogP contribution in [-0.2, 0) is 19.6 Å². The van der Waals surface area contributed by atoms with Crippen molar-refractivity contribution in [3.8, 4) is 0 Å². The Balaban J connectivity index is 1.63. The van der Waals surface area contributed by atoms with Crippen molar-refractivity contribution in [1.29, 1.82) is 0 Å². The number of carbonyl (C=O) groups is 2. The molecule has 3 aliphatic rings. The van der Waals surface area contributed by atoms with Crippen molar-refractivity contribution >= 4 is 45.1 Å². The van der Waals surface area contributed by atoms with Crippen LogP contribution >= 0.6 is 23.2 Å². The minimum Gasteiger partial charge on any atom is -0.481 e. The molecule has 5 rings (SSSR count). The van der Waals surface area contributed by atoms with Gasteiger partial charge in [0.05, 0.1) is 22.6 Å². The molecule has 0 radical (unpaired) electrons. The molecule has 240 valence electrons. The van der Waals surface area contributed by atoms with Gasteiger partial charge in [-0.15, -0.1) is 0 Å². The third kappa shape index (κ3) is 6.97. The summed E-state index contributed by atoms with van der Waals surface area (Å²) in [6, 6.07) is 13.9. The molecule has 2 aromatic rings. The summed E-state index contributed by atoms with van der Waals surface area (Å²) in [5.41, 5.74) is 0.581. The summed E-state index contributed by atoms with van der Waals surface area (Å²) in [6.45, 7) is 6.22. The maximum absolute atomic E-state index is 15.0. The van der Waals surface area contributed by atoms with Gasteiger partial charge < -0.3 is 14.9 Å². The average Bonchev–Trinajstić information content (AvgIpc) is 3.53. The Morgan fingerprint density at radius 2 is 1.75 bits per heavy atom. The minimum absolute atomic E-state index is 0.0434. The van der Waals surface area contributed by atoms with Crippen LogP contribution in [0.25, 0.3) is 0 Å². The average molecular weight is 665 g/mol. The minimum atomic E-state index is -3.60. The van der Waals surface area contributed by atoms with E-state index in [1.165, 1.54) is 0 Å². The molecule has 11 heteroatoms. The van der Waals surface area contributed by atoms with E-state index in [1.54, 1.807) is 25.1 Å². The molecule has 0 spiro atoms. The molecular weight excluding hydrogens is 621 g/mol. The van der Waals surface area contributed by atoms with E-state index in [-0.39, 0.29) is 24.8 Å². The smallest absolute Gasteiger partial charge is 0.304 e. The number of likely N-dealkylation sites (tertiary alicyclic amines) is 2. The molecule has 4 atom stereocenters. The lowest BCUT2D eigenvalue weighted by molar-refractivity contribution is -0.163. The quantitative estimate of drug-likeness (QED) is 0.262. The maximum Gasteiger partial charge on any atom is 0.304 e. The second kappa shape index (κ2) is 13.3. The summed E-state index contributed by atoms with van der Waals surface area (Å²) >= 11 is 12.8. The van der Waals surface area contributed by atoms with E-state index in [2.05, 4.69) is 9.62 Å². The summed E-state index contributed by atoms with van der Waals surface area (Å²) in [4.78, 5) is 31.7. The van der Waals surface area contributed by atoms with Crippen LogP contribution in [-0.4, -0.2) is 72.2 Å². The summed E-state index contributed by atoms with van der Waals surface area (Å²) in [6.07, 6.45) is 4.29. The monoisotopic (exact) mass is 663 g/mol. The first-order chi connectivity index (χ1) is 20.9. The molecule has 0 unspecified atom stereocenters. The predicted molar refractivity (Wildman–Crippen MR) is 173 cm³/mol. The number of carboxylic acid groups (broad SMARTS) is 1. The van der Waals surface area contributed by atoms with Gasteiger partial charge in [0, 0.05) is 28.5 Å². The van der Waals surface area contributed by atoms with Crippen LogP contribution in [0.1, 0.15) is 88.3 Å². The molecule has 2 heterocycles. The van der Waals surface area contributed by atoms with E-state index in [0.29, 0.717) is 48.7 Å². The lowest BCUT2D eigenvalue weighted by Gasteiger charge is -2.53. The number of carboxylic acids is 1. The first-order valence-corrected chi connectivity index (χ1v) is 17.9. The molecule has 2 aliphatic heterocycles. The van der Waals surface area contributed by atoms with E-state index in [0.717, 1.165) is 37.1 Å². The Morgan fingerprint density at radius 3 is 2.34 bits per heavy atom. The molecule has 1 saturated carbocycles. The topological polar surface area (TPSA) is 107 Å². The molecule has 2 aromatic carbocycles. The Labute approximate surface area is 271 Å². The number of piperidine rings is 1. The van der Waals surface area contributed by atoms with Gasteiger partial charge in [-0.1, -0.05) is 54.4 Å². The molecular formula is C33H43Cl2N3O5S. The summed E-state index contributed by atoms with van der Waals surface area (Å²) < 4.78 is 28.5. The molecule has 44 heavy (non-hydrogen) atoms. The van der Waals surface area contributed by atoms with E-state index in [1.807, 2.05) is 42.2 Å². The lowest BCUT2D eigenvalue weighted by atomic mass is 9.64. The zero-order valence-electron chi connectivity index (χ0n) is 25.5. The van der Waals surface area contributed by atoms with Crippen LogP contribution in [0.5, 0.6) is 0 Å². The number of amides is 1. The first kappa shape index (κ1) is 33.2. The number of hydrogen-bond acceptors (Lipinski definition) is 5. The van der Waals surface area contributed by atoms with Crippen LogP contribution in [0.4, 0.5) is 0 Å². The van der Waals surface area contributed by atoms with E-state index in [4.69, 9.17) is 23.2 Å². The summed E-state index contributed by atoms with van der Waals surface area (Å²) in [7, 11) is -3.60. The zero-order chi connectivity index (χ0) is 31.7. The lowest BCUT2D eigenvalue weighted by Crippen LogP contribution is -2.59. The Bertz CT molecular complexity index is 1460. The first-order valence-electron chi connectivity index (χ1n) is 15.7. The molecule has 1 aliphatic carbocycles. The predicted octanol–water partition coefficient (Wildman–Crippen LogP) is 6.25. The molecule has 8 nitrogen and oxygen atoms in total. The fourth-order valence-corrected chi connectivity index (χ4v) is 8.80. The second-order valence-corrected chi connectivity index (χ2v) is 16.2. The highest BCUT2D eigenvalue weighted by molar-refractivity contribution is 7.91. The van der Waals surface area contributed by atoms with Crippen molar-refractivity contribution < 1.29 is 23.1 Å². The third-order valence-corrected chi connectivity index (χ3v) is 12.8. The van der Waals surface area contributed by atoms with Crippen LogP contribution in [0.15, 0.2) is 48.5 Å². The van der Waals surface area contributed by atoms with Gasteiger partial charge in [-0.2, -0.15) is 0 Å². The Morgan fingerprint density at radius 1 is 1.07 bits per heavy atom. The van der Waals surface area contributed by atoms with Crippen molar-refractivity contribution in [3.05, 3.63) is 69.7 Å². The summed E-state index contributed by atoms with van der Waals surface area (Å²) in [5, 5.41) is 11.3. The van der Waals surface area contributed by atoms with Crippen molar-refractivity contribution in [2.24, 2.45) is 5.41 Å². The fraction of sp³-hybridized carbons (Fsp3) is 0.576. The normalized spacial score (nSPS) is 26.1. The van der Waals surface area contributed by atoms with Crippen molar-refractivity contribution in [2.75, 3.05) is 26.2 Å². The number of carbonyl (C=O) groups excluding carboxylic acids is 1. The van der Waals surface area contributed by atoms with Crippen molar-refractivity contribution in [1.82, 2.24) is 14.5 Å². The number of sulfonamides is 1. The van der Waals surface area contributed by atoms with Crippen molar-refractivity contribution in [2.45, 2.75) is 88.0 Å². The van der Waals surface area contributed by atoms with Gasteiger partial charge in [0.25, 0.3) is 0 Å². The fourth-order valence-electron chi connectivity index (χ4n) is 7.07. The highest BCUT2D eigenvalue weighted by Crippen LogP contribution is 2.54. The molecule has 2 saturated heterocycles. The van der Waals surface area contributed by atoms with Gasteiger partial charge in [0.2, 0.25) is 15.9 Å². The van der Waals surface area contributed by atoms with E-state index in [9.17, 15) is 18.3 Å². The number of aliphatic carboxylic acids is 1. The van der Waals surface area contributed by atoms with Crippen LogP contribution in [0.3, 0.4) is 0 Å². The van der Waals surface area contributed by atoms with E-state index >= 15 is 4.79 Å². The van der Waals surface area contributed by atoms with Crippen LogP contribution in [0, 0.1) is 5.41 Å². The number of nitrogens with zero attached hydrogens (tertiary/aromatic N) is 2. The highest BCUT2D eigenvalue weighted by Gasteiger charge is 2.55. The highest BCUT2D eigenvalue weighted by atomic mass is 35.5. The van der Waals surface area contributed by atoms with Crippen LogP contribution < -0.4 is 4.72 Å². The molecule has 0 aromatic heterocycles. The Hall–Kier alpha value is -2.17. The van der Waals surface area contributed by atoms with Gasteiger partial charge in [0.15, 0.2) is 0 Å². The number of nitrogens with one attached hydrogen (secondary N) is 1. The number of hydrogen-bond donors (Lipinski definition) is 2. The Kier molecular flexibility index (Phi) is 10.0. The largest absolute Gasteiger partial charge is 0.481 e. The number of halogens is 2. The van der Waals surface area contributed by atoms with Gasteiger partial charge >= 0.3 is 5.97 Å². The van der Waals surface area contributed by atoms with Gasteiger partial charge in [0.1, 0.15) is 0 Å². The van der Waals surface area contributed by atoms with Gasteiger partial charge in [-0.3, -0.25) is 9.59 Å². The maximum atomic E-state index is 15.0. The summed E-state index contributed by atoms with van der Waals surface area (Å²) in [5.74, 6) is -1.55. The molecule has 2 N–H and O–H groups in total. The van der Waals surface area contributed by atoms with Crippen molar-refractivity contribution in [3.63, 3.8) is 0 Å². The zero-order valence-corrected chi connectivity index (χ0v) is 27.8. The molecule has 0 bridgehead atoms. The standard InChI is InChI=1S/C33H43Cl2N3O5S/c1-3-27(22-36-44(42,43)32(2)13-14-32)38-30(23-9-11-25(34)12-10-23)28(24-7-6-8-26(35)19-24)20-33(31(38)41,21-29(39)40)15-18-37-16-4-5-17-37/h6-12,19,27-28,30,36H,3-5,13-18,20-22H2,1-2H3,(H,39,40)/t27-,28+,30+,33+/m0/s1. The van der Waals surface area contributed by atoms with Gasteiger partial charge in [-0.05, 0) is 107 Å². The van der Waals surface area contributed by atoms with Crippen LogP contribution in [0.2, 0.25) is 10.0 Å². The number of benzene rings is 2. The SMILES string of the molecule is CC[C@@H](CNS(=O)(=O)C1(C)CC1)N1C(=O)[C@@](CCN2CCCC2)(CC(=O)O)C[C@H](c2cccc(Cl)c2)[C@H]1c1ccc(Cl)cc1. The second-order valence-electron chi connectivity index (χ2n) is 13.1. The third-order valence-electron chi connectivity index (χ3n) is 10.0. The molecule has 3 fully saturated rings. The van der Waals surface area contributed by atoms with Gasteiger partial charge in [-0.25, -0.2) is 13.1 Å². The number of rotatable bonds is 13.